The van der Waals surface area contributed by atoms with E-state index in [0.717, 1.165) is 26.1 Å². The average molecular weight is 248 g/mol. The zero-order chi connectivity index (χ0) is 13.0. The SMILES string of the molecule is CN1CCN(CCc2ccccc2)C(CO)C1=O. The number of nitrogens with zero attached hydrogens (tertiary/aromatic N) is 2. The molecule has 18 heavy (non-hydrogen) atoms. The fourth-order valence-electron chi connectivity index (χ4n) is 2.33. The molecule has 1 aliphatic heterocycles. The van der Waals surface area contributed by atoms with Gasteiger partial charge in [0.05, 0.1) is 6.61 Å². The van der Waals surface area contributed by atoms with Crippen LogP contribution in [-0.2, 0) is 11.2 Å². The minimum atomic E-state index is -0.368. The van der Waals surface area contributed by atoms with Gasteiger partial charge in [0.15, 0.2) is 0 Å². The van der Waals surface area contributed by atoms with Crippen LogP contribution in [-0.4, -0.2) is 60.1 Å². The molecule has 0 saturated carbocycles. The van der Waals surface area contributed by atoms with Crippen LogP contribution in [0.2, 0.25) is 0 Å². The van der Waals surface area contributed by atoms with E-state index in [1.807, 2.05) is 18.2 Å². The Hall–Kier alpha value is -1.39. The Morgan fingerprint density at radius 2 is 2.00 bits per heavy atom. The van der Waals surface area contributed by atoms with Crippen molar-refractivity contribution < 1.29 is 9.90 Å². The number of hydrogen-bond donors (Lipinski definition) is 1. The minimum absolute atomic E-state index is 0.0248. The van der Waals surface area contributed by atoms with E-state index in [4.69, 9.17) is 0 Å². The highest BCUT2D eigenvalue weighted by atomic mass is 16.3. The van der Waals surface area contributed by atoms with E-state index < -0.39 is 0 Å². The van der Waals surface area contributed by atoms with Gasteiger partial charge < -0.3 is 10.0 Å². The summed E-state index contributed by atoms with van der Waals surface area (Å²) >= 11 is 0. The number of aliphatic hydroxyl groups excluding tert-OH is 1. The highest BCUT2D eigenvalue weighted by molar-refractivity contribution is 5.82. The van der Waals surface area contributed by atoms with Crippen LogP contribution in [0, 0.1) is 0 Å². The molecule has 1 N–H and O–H groups in total. The van der Waals surface area contributed by atoms with Crippen molar-refractivity contribution in [2.75, 3.05) is 33.3 Å². The molecule has 0 bridgehead atoms. The fourth-order valence-corrected chi connectivity index (χ4v) is 2.33. The molecule has 1 atom stereocenters. The van der Waals surface area contributed by atoms with Crippen molar-refractivity contribution in [2.45, 2.75) is 12.5 Å². The largest absolute Gasteiger partial charge is 0.394 e. The Balaban J connectivity index is 1.94. The fraction of sp³-hybridized carbons (Fsp3) is 0.500. The van der Waals surface area contributed by atoms with Crippen molar-refractivity contribution in [3.8, 4) is 0 Å². The molecule has 1 amide bonds. The maximum atomic E-state index is 11.9. The van der Waals surface area contributed by atoms with E-state index in [2.05, 4.69) is 17.0 Å². The Morgan fingerprint density at radius 1 is 1.28 bits per heavy atom. The lowest BCUT2D eigenvalue weighted by Crippen LogP contribution is -2.57. The number of likely N-dealkylation sites (N-methyl/N-ethyl adjacent to an activating group) is 1. The van der Waals surface area contributed by atoms with E-state index in [0.29, 0.717) is 0 Å². The van der Waals surface area contributed by atoms with Gasteiger partial charge in [0, 0.05) is 26.7 Å². The first-order valence-corrected chi connectivity index (χ1v) is 6.36. The molecule has 0 spiro atoms. The zero-order valence-corrected chi connectivity index (χ0v) is 10.7. The third-order valence-corrected chi connectivity index (χ3v) is 3.53. The summed E-state index contributed by atoms with van der Waals surface area (Å²) in [5.74, 6) is 0.0248. The first kappa shape index (κ1) is 13.1. The first-order valence-electron chi connectivity index (χ1n) is 6.36. The van der Waals surface area contributed by atoms with Crippen molar-refractivity contribution in [1.82, 2.24) is 9.80 Å². The molecule has 98 valence electrons. The summed E-state index contributed by atoms with van der Waals surface area (Å²) in [6.07, 6.45) is 0.911. The summed E-state index contributed by atoms with van der Waals surface area (Å²) in [5.41, 5.74) is 1.26. The summed E-state index contributed by atoms with van der Waals surface area (Å²) in [5, 5.41) is 9.36. The Bertz CT molecular complexity index is 394. The van der Waals surface area contributed by atoms with Gasteiger partial charge in [-0.2, -0.15) is 0 Å². The van der Waals surface area contributed by atoms with Crippen LogP contribution in [0.4, 0.5) is 0 Å². The highest BCUT2D eigenvalue weighted by Gasteiger charge is 2.31. The standard InChI is InChI=1S/C14H20N2O2/c1-15-9-10-16(13(11-17)14(15)18)8-7-12-5-3-2-4-6-12/h2-6,13,17H,7-11H2,1H3. The monoisotopic (exact) mass is 248 g/mol. The molecule has 1 heterocycles. The van der Waals surface area contributed by atoms with Crippen molar-refractivity contribution in [3.63, 3.8) is 0 Å². The van der Waals surface area contributed by atoms with Crippen LogP contribution in [0.5, 0.6) is 0 Å². The van der Waals surface area contributed by atoms with E-state index in [1.54, 1.807) is 11.9 Å². The Labute approximate surface area is 108 Å². The lowest BCUT2D eigenvalue weighted by Gasteiger charge is -2.38. The van der Waals surface area contributed by atoms with Gasteiger partial charge in [-0.25, -0.2) is 0 Å². The van der Waals surface area contributed by atoms with Gasteiger partial charge in [-0.3, -0.25) is 9.69 Å². The van der Waals surface area contributed by atoms with Gasteiger partial charge in [-0.1, -0.05) is 30.3 Å². The van der Waals surface area contributed by atoms with E-state index >= 15 is 0 Å². The third-order valence-electron chi connectivity index (χ3n) is 3.53. The molecule has 4 heteroatoms. The molecule has 1 aromatic rings. The topological polar surface area (TPSA) is 43.8 Å². The van der Waals surface area contributed by atoms with Gasteiger partial charge in [-0.05, 0) is 12.0 Å². The third kappa shape index (κ3) is 2.89. The van der Waals surface area contributed by atoms with Crippen LogP contribution in [0.3, 0.4) is 0 Å². The molecule has 4 nitrogen and oxygen atoms in total. The molecule has 1 aromatic carbocycles. The zero-order valence-electron chi connectivity index (χ0n) is 10.7. The van der Waals surface area contributed by atoms with Gasteiger partial charge >= 0.3 is 0 Å². The molecular formula is C14H20N2O2. The number of piperazine rings is 1. The van der Waals surface area contributed by atoms with Crippen LogP contribution < -0.4 is 0 Å². The molecule has 1 aliphatic rings. The lowest BCUT2D eigenvalue weighted by atomic mass is 10.1. The molecule has 1 saturated heterocycles. The molecule has 1 fully saturated rings. The molecule has 1 unspecified atom stereocenters. The van der Waals surface area contributed by atoms with E-state index in [9.17, 15) is 9.90 Å². The summed E-state index contributed by atoms with van der Waals surface area (Å²) in [6.45, 7) is 2.29. The normalized spacial score (nSPS) is 21.3. The number of amides is 1. The molecule has 2 rings (SSSR count). The second-order valence-corrected chi connectivity index (χ2v) is 4.73. The molecule has 0 aromatic heterocycles. The number of benzene rings is 1. The summed E-state index contributed by atoms with van der Waals surface area (Å²) in [6, 6.07) is 9.85. The second kappa shape index (κ2) is 5.98. The smallest absolute Gasteiger partial charge is 0.242 e. The van der Waals surface area contributed by atoms with E-state index in [-0.39, 0.29) is 18.6 Å². The molecule has 0 radical (unpaired) electrons. The molecule has 0 aliphatic carbocycles. The van der Waals surface area contributed by atoms with Crippen molar-refractivity contribution in [3.05, 3.63) is 35.9 Å². The van der Waals surface area contributed by atoms with Gasteiger partial charge in [0.1, 0.15) is 6.04 Å². The summed E-state index contributed by atoms with van der Waals surface area (Å²) < 4.78 is 0. The second-order valence-electron chi connectivity index (χ2n) is 4.73. The van der Waals surface area contributed by atoms with Crippen LogP contribution in [0.15, 0.2) is 30.3 Å². The van der Waals surface area contributed by atoms with Crippen LogP contribution in [0.25, 0.3) is 0 Å². The van der Waals surface area contributed by atoms with Gasteiger partial charge in [0.2, 0.25) is 5.91 Å². The first-order chi connectivity index (χ1) is 8.72. The Kier molecular flexibility index (Phi) is 4.33. The average Bonchev–Trinajstić information content (AvgIpc) is 2.41. The predicted octanol–water partition coefficient (Wildman–Crippen LogP) is 0.364. The van der Waals surface area contributed by atoms with Crippen molar-refractivity contribution in [2.24, 2.45) is 0 Å². The number of rotatable bonds is 4. The number of carbonyl (C=O) groups excluding carboxylic acids is 1. The van der Waals surface area contributed by atoms with Crippen LogP contribution in [0.1, 0.15) is 5.56 Å². The van der Waals surface area contributed by atoms with Gasteiger partial charge in [-0.15, -0.1) is 0 Å². The van der Waals surface area contributed by atoms with Crippen molar-refractivity contribution in [1.29, 1.82) is 0 Å². The lowest BCUT2D eigenvalue weighted by molar-refractivity contribution is -0.141. The summed E-state index contributed by atoms with van der Waals surface area (Å²) in [4.78, 5) is 15.7. The summed E-state index contributed by atoms with van der Waals surface area (Å²) in [7, 11) is 1.79. The quantitative estimate of drug-likeness (QED) is 0.837. The number of carbonyl (C=O) groups is 1. The highest BCUT2D eigenvalue weighted by Crippen LogP contribution is 2.11. The number of hydrogen-bond acceptors (Lipinski definition) is 3. The van der Waals surface area contributed by atoms with Crippen molar-refractivity contribution >= 4 is 5.91 Å². The predicted molar refractivity (Wildman–Crippen MR) is 70.2 cm³/mol. The number of aliphatic hydroxyl groups is 1. The van der Waals surface area contributed by atoms with Gasteiger partial charge in [0.25, 0.3) is 0 Å². The van der Waals surface area contributed by atoms with Crippen LogP contribution >= 0.6 is 0 Å². The Morgan fingerprint density at radius 3 is 2.67 bits per heavy atom. The minimum Gasteiger partial charge on any atom is -0.394 e. The maximum absolute atomic E-state index is 11.9. The maximum Gasteiger partial charge on any atom is 0.242 e. The molecular weight excluding hydrogens is 228 g/mol. The van der Waals surface area contributed by atoms with E-state index in [1.165, 1.54) is 5.56 Å².